The first-order valence-electron chi connectivity index (χ1n) is 9.63. The molecule has 2 heterocycles. The number of sulfonamides is 1. The summed E-state index contributed by atoms with van der Waals surface area (Å²) in [7, 11) is -3.22. The van der Waals surface area contributed by atoms with Crippen LogP contribution in [0, 0.1) is 13.8 Å². The molecule has 2 aliphatic rings. The molecule has 29 heavy (non-hydrogen) atoms. The van der Waals surface area contributed by atoms with Crippen molar-refractivity contribution in [2.24, 2.45) is 10.1 Å². The van der Waals surface area contributed by atoms with Crippen LogP contribution in [0.15, 0.2) is 46.5 Å². The number of fused-ring (bicyclic) bond motifs is 1. The molecule has 2 aromatic rings. The van der Waals surface area contributed by atoms with Crippen molar-refractivity contribution in [3.63, 3.8) is 0 Å². The molecule has 2 aromatic carbocycles. The molecule has 0 unspecified atom stereocenters. The third-order valence-corrected chi connectivity index (χ3v) is 7.91. The highest BCUT2D eigenvalue weighted by Gasteiger charge is 2.28. The van der Waals surface area contributed by atoms with Crippen LogP contribution in [0.5, 0.6) is 0 Å². The van der Waals surface area contributed by atoms with Gasteiger partial charge in [-0.05, 0) is 61.6 Å². The number of benzene rings is 2. The van der Waals surface area contributed by atoms with E-state index in [4.69, 9.17) is 4.99 Å². The average Bonchev–Trinajstić information content (AvgIpc) is 3.15. The van der Waals surface area contributed by atoms with Gasteiger partial charge in [0.15, 0.2) is 5.17 Å². The van der Waals surface area contributed by atoms with Gasteiger partial charge in [0.2, 0.25) is 10.0 Å². The Hall–Kier alpha value is -2.32. The van der Waals surface area contributed by atoms with Gasteiger partial charge in [-0.15, -0.1) is 0 Å². The van der Waals surface area contributed by atoms with Crippen LogP contribution in [0.25, 0.3) is 0 Å². The van der Waals surface area contributed by atoms with Gasteiger partial charge in [0, 0.05) is 12.3 Å². The third kappa shape index (κ3) is 3.91. The quantitative estimate of drug-likeness (QED) is 0.805. The summed E-state index contributed by atoms with van der Waals surface area (Å²) in [5, 5.41) is 5.31. The van der Waals surface area contributed by atoms with Crippen LogP contribution in [-0.4, -0.2) is 37.3 Å². The van der Waals surface area contributed by atoms with Crippen LogP contribution in [-0.2, 0) is 16.4 Å². The lowest BCUT2D eigenvalue weighted by Crippen LogP contribution is -2.30. The second-order valence-corrected chi connectivity index (χ2v) is 10.3. The Labute approximate surface area is 176 Å². The summed E-state index contributed by atoms with van der Waals surface area (Å²) < 4.78 is 26.0. The minimum atomic E-state index is -3.22. The van der Waals surface area contributed by atoms with Gasteiger partial charge in [-0.1, -0.05) is 36.0 Å². The molecule has 8 heteroatoms. The summed E-state index contributed by atoms with van der Waals surface area (Å²) in [5.41, 5.74) is 10.1. The number of thioether (sulfide) groups is 1. The van der Waals surface area contributed by atoms with Gasteiger partial charge in [0.05, 0.1) is 22.8 Å². The van der Waals surface area contributed by atoms with Gasteiger partial charge in [0.1, 0.15) is 0 Å². The predicted octanol–water partition coefficient (Wildman–Crippen LogP) is 3.74. The zero-order chi connectivity index (χ0) is 20.6. The third-order valence-electron chi connectivity index (χ3n) is 5.25. The monoisotopic (exact) mass is 428 g/mol. The first kappa shape index (κ1) is 20.0. The van der Waals surface area contributed by atoms with E-state index in [1.54, 1.807) is 18.7 Å². The fraction of sp³-hybridized carbons (Fsp3) is 0.333. The summed E-state index contributed by atoms with van der Waals surface area (Å²) in [6, 6.07) is 12.1. The second-order valence-electron chi connectivity index (χ2n) is 7.18. The molecule has 0 bridgehead atoms. The van der Waals surface area contributed by atoms with Crippen LogP contribution in [0.4, 0.5) is 11.4 Å². The highest BCUT2D eigenvalue weighted by Crippen LogP contribution is 2.32. The van der Waals surface area contributed by atoms with E-state index in [2.05, 4.69) is 42.6 Å². The average molecular weight is 429 g/mol. The van der Waals surface area contributed by atoms with Gasteiger partial charge in [0.25, 0.3) is 0 Å². The largest absolute Gasteiger partial charge is 0.270 e. The van der Waals surface area contributed by atoms with Crippen molar-refractivity contribution < 1.29 is 8.42 Å². The van der Waals surface area contributed by atoms with Crippen molar-refractivity contribution in [2.45, 2.75) is 27.2 Å². The maximum atomic E-state index is 12.3. The van der Waals surface area contributed by atoms with Crippen LogP contribution in [0.1, 0.15) is 29.2 Å². The van der Waals surface area contributed by atoms with E-state index in [1.165, 1.54) is 4.31 Å². The summed E-state index contributed by atoms with van der Waals surface area (Å²) in [4.78, 5) is 4.74. The number of aliphatic imine (C=N–C) groups is 1. The topological polar surface area (TPSA) is 74.1 Å². The lowest BCUT2D eigenvalue weighted by Gasteiger charge is -2.19. The number of nitrogens with zero attached hydrogens (tertiary/aromatic N) is 3. The minimum absolute atomic E-state index is 0.115. The van der Waals surface area contributed by atoms with E-state index in [-0.39, 0.29) is 5.75 Å². The second kappa shape index (κ2) is 7.84. The number of hydrazone groups is 1. The minimum Gasteiger partial charge on any atom is -0.270 e. The molecule has 1 N–H and O–H groups in total. The number of rotatable bonds is 4. The van der Waals surface area contributed by atoms with Crippen molar-refractivity contribution in [3.8, 4) is 0 Å². The fourth-order valence-corrected chi connectivity index (χ4v) is 5.53. The van der Waals surface area contributed by atoms with Crippen molar-refractivity contribution in [2.75, 3.05) is 22.4 Å². The predicted molar refractivity (Wildman–Crippen MR) is 122 cm³/mol. The summed E-state index contributed by atoms with van der Waals surface area (Å²) in [6.45, 7) is 6.31. The Morgan fingerprint density at radius 3 is 2.62 bits per heavy atom. The summed E-state index contributed by atoms with van der Waals surface area (Å²) >= 11 is 1.62. The number of aryl methyl sites for hydroxylation is 2. The molecule has 0 spiro atoms. The molecule has 2 aliphatic heterocycles. The number of nitrogens with one attached hydrogen (secondary N) is 1. The van der Waals surface area contributed by atoms with Gasteiger partial charge >= 0.3 is 0 Å². The van der Waals surface area contributed by atoms with Gasteiger partial charge in [-0.25, -0.2) is 13.4 Å². The molecule has 4 rings (SSSR count). The van der Waals surface area contributed by atoms with Crippen molar-refractivity contribution in [1.29, 1.82) is 0 Å². The van der Waals surface area contributed by atoms with Crippen LogP contribution < -0.4 is 9.73 Å². The van der Waals surface area contributed by atoms with E-state index in [0.29, 0.717) is 12.3 Å². The maximum Gasteiger partial charge on any atom is 0.234 e. The number of hydrogen-bond acceptors (Lipinski definition) is 5. The van der Waals surface area contributed by atoms with Crippen molar-refractivity contribution in [1.82, 2.24) is 5.43 Å². The molecule has 0 aromatic heterocycles. The van der Waals surface area contributed by atoms with Gasteiger partial charge in [-0.2, -0.15) is 5.10 Å². The molecule has 0 saturated carbocycles. The van der Waals surface area contributed by atoms with Crippen molar-refractivity contribution in [3.05, 3.63) is 58.7 Å². The molecular weight excluding hydrogens is 404 g/mol. The Morgan fingerprint density at radius 2 is 1.97 bits per heavy atom. The van der Waals surface area contributed by atoms with Crippen molar-refractivity contribution >= 4 is 44.0 Å². The smallest absolute Gasteiger partial charge is 0.234 e. The van der Waals surface area contributed by atoms with Crippen LogP contribution >= 0.6 is 11.8 Å². The number of hydrogen-bond donors (Lipinski definition) is 1. The zero-order valence-electron chi connectivity index (χ0n) is 16.8. The molecular formula is C21H24N4O2S2. The highest BCUT2D eigenvalue weighted by molar-refractivity contribution is 8.14. The number of amidine groups is 1. The Balaban J connectivity index is 1.55. The highest BCUT2D eigenvalue weighted by atomic mass is 32.2. The van der Waals surface area contributed by atoms with E-state index < -0.39 is 10.0 Å². The molecule has 0 amide bonds. The normalized spacial score (nSPS) is 17.8. The first-order chi connectivity index (χ1) is 13.9. The van der Waals surface area contributed by atoms with E-state index in [0.717, 1.165) is 50.9 Å². The molecule has 0 aliphatic carbocycles. The number of para-hydroxylation sites is 1. The van der Waals surface area contributed by atoms with E-state index >= 15 is 0 Å². The Morgan fingerprint density at radius 1 is 1.21 bits per heavy atom. The standard InChI is InChI=1S/C21H24N4O2S2/c1-4-29(26,27)25-11-10-17-12-16(8-9-19(17)25)18-13-28-21(24-23-18)22-20-14(2)6-5-7-15(20)3/h5-9,12H,4,10-11,13H2,1-3H3,(H,22,24). The van der Waals surface area contributed by atoms with Gasteiger partial charge in [-0.3, -0.25) is 9.73 Å². The lowest BCUT2D eigenvalue weighted by molar-refractivity contribution is 0.593. The molecule has 0 saturated heterocycles. The maximum absolute atomic E-state index is 12.3. The first-order valence-corrected chi connectivity index (χ1v) is 12.2. The molecule has 0 atom stereocenters. The summed E-state index contributed by atoms with van der Waals surface area (Å²) in [6.07, 6.45) is 0.732. The Bertz CT molecular complexity index is 1100. The van der Waals surface area contributed by atoms with Crippen LogP contribution in [0.2, 0.25) is 0 Å². The van der Waals surface area contributed by atoms with E-state index in [9.17, 15) is 8.42 Å². The lowest BCUT2D eigenvalue weighted by atomic mass is 10.1. The SMILES string of the molecule is CCS(=O)(=O)N1CCc2cc(C3=NNC(=Nc4c(C)cccc4C)SC3)ccc21. The van der Waals surface area contributed by atoms with Crippen LogP contribution in [0.3, 0.4) is 0 Å². The summed E-state index contributed by atoms with van der Waals surface area (Å²) in [5.74, 6) is 0.830. The van der Waals surface area contributed by atoms with E-state index in [1.807, 2.05) is 18.2 Å². The number of anilines is 1. The Kier molecular flexibility index (Phi) is 5.40. The molecule has 0 fully saturated rings. The molecule has 152 valence electrons. The fourth-order valence-electron chi connectivity index (χ4n) is 3.60. The van der Waals surface area contributed by atoms with Gasteiger partial charge < -0.3 is 0 Å². The molecule has 6 nitrogen and oxygen atoms in total. The zero-order valence-corrected chi connectivity index (χ0v) is 18.4. The molecule has 0 radical (unpaired) electrons.